The van der Waals surface area contributed by atoms with Crippen molar-refractivity contribution in [3.63, 3.8) is 0 Å². The zero-order valence-electron chi connectivity index (χ0n) is 28.1. The maximum Gasteiger partial charge on any atom is 1.00 e. The molecule has 0 fully saturated rings. The fraction of sp³-hybridized carbons (Fsp3) is 0.618. The van der Waals surface area contributed by atoms with E-state index in [0.717, 1.165) is 68.9 Å². The number of hydrogen-bond acceptors (Lipinski definition) is 0. The van der Waals surface area contributed by atoms with Gasteiger partial charge in [0.25, 0.3) is 0 Å². The normalized spacial score (nSPS) is 16.9. The van der Waals surface area contributed by atoms with E-state index < -0.39 is 38.7 Å². The third kappa shape index (κ3) is 12.8. The average molecular weight is 637 g/mol. The van der Waals surface area contributed by atoms with Gasteiger partial charge in [-0.1, -0.05) is 91.4 Å². The molecule has 2 aliphatic rings. The summed E-state index contributed by atoms with van der Waals surface area (Å²) in [4.78, 5) is 0. The smallest absolute Gasteiger partial charge is 0.343 e. The fourth-order valence-corrected chi connectivity index (χ4v) is 6.75. The molecule has 2 aromatic carbocycles. The van der Waals surface area contributed by atoms with Gasteiger partial charge in [0.2, 0.25) is 0 Å². The van der Waals surface area contributed by atoms with E-state index in [1.807, 2.05) is 6.07 Å². The van der Waals surface area contributed by atoms with Gasteiger partial charge in [-0.25, -0.2) is 17.6 Å². The van der Waals surface area contributed by atoms with E-state index in [1.165, 1.54) is 12.5 Å². The third-order valence-corrected chi connectivity index (χ3v) is 9.31. The Balaban J connectivity index is 0.000000621. The third-order valence-electron chi connectivity index (χ3n) is 7.33. The van der Waals surface area contributed by atoms with Crippen LogP contribution >= 0.6 is 11.1 Å². The summed E-state index contributed by atoms with van der Waals surface area (Å²) in [5, 5.41) is 0.649. The summed E-state index contributed by atoms with van der Waals surface area (Å²) in [5.74, 6) is -1.97. The number of halogens is 5. The van der Waals surface area contributed by atoms with Crippen LogP contribution < -0.4 is 24.0 Å². The minimum Gasteiger partial charge on any atom is -0.343 e. The second-order valence-corrected chi connectivity index (χ2v) is 25.9. The van der Waals surface area contributed by atoms with E-state index >= 15 is 0 Å². The van der Waals surface area contributed by atoms with Gasteiger partial charge < -0.3 is 6.92 Å². The Morgan fingerprint density at radius 3 is 1.57 bits per heavy atom. The molecular formula is C34H54ClF4LiSi2. The summed E-state index contributed by atoms with van der Waals surface area (Å²) in [6.07, 6.45) is 10.0. The van der Waals surface area contributed by atoms with Crippen LogP contribution in [0.1, 0.15) is 106 Å². The Bertz CT molecular complexity index is 1090. The first-order valence-electron chi connectivity index (χ1n) is 15.5. The van der Waals surface area contributed by atoms with Crippen LogP contribution in [0.15, 0.2) is 18.2 Å². The van der Waals surface area contributed by atoms with Gasteiger partial charge in [-0.15, -0.1) is 0 Å². The fourth-order valence-electron chi connectivity index (χ4n) is 5.37. The van der Waals surface area contributed by atoms with Crippen molar-refractivity contribution in [2.24, 2.45) is 0 Å². The minimum absolute atomic E-state index is 0. The van der Waals surface area contributed by atoms with Crippen LogP contribution in [0, 0.1) is 30.2 Å². The summed E-state index contributed by atoms with van der Waals surface area (Å²) in [5.41, 5.74) is 3.38. The largest absolute Gasteiger partial charge is 1.00 e. The Morgan fingerprint density at radius 1 is 0.738 bits per heavy atom. The molecule has 42 heavy (non-hydrogen) atoms. The maximum atomic E-state index is 14.3. The molecule has 2 atom stereocenters. The molecular weight excluding hydrogens is 583 g/mol. The standard InChI is InChI=1S/C15H22F2Si.C12H14F2.C4H9.C3H9ClSi.Li/c1-5-6-10-7-8-11-9-12(18(2,3)4)14(16)15(17)13(10)11;1-2-3-8-4-5-9-6-7-10(13)12(14)11(8)9;1-3-4-2;1-5(2,3)4;/h9-10H,5-8H2,1-4H3;6-8H,2-5H2,1H3;1,3-4H2,2H3;1-3H3;/q;;-1;;+1. The van der Waals surface area contributed by atoms with E-state index in [9.17, 15) is 17.6 Å². The molecule has 0 aromatic heterocycles. The molecule has 0 bridgehead atoms. The van der Waals surface area contributed by atoms with Gasteiger partial charge in [-0.2, -0.15) is 17.5 Å². The van der Waals surface area contributed by atoms with E-state index in [2.05, 4.69) is 67.0 Å². The predicted molar refractivity (Wildman–Crippen MR) is 177 cm³/mol. The van der Waals surface area contributed by atoms with Gasteiger partial charge >= 0.3 is 18.9 Å². The number of unbranched alkanes of at least 4 members (excludes halogenated alkanes) is 1. The van der Waals surface area contributed by atoms with Crippen molar-refractivity contribution in [2.45, 2.75) is 136 Å². The van der Waals surface area contributed by atoms with Crippen molar-refractivity contribution < 1.29 is 36.4 Å². The Kier molecular flexibility index (Phi) is 18.9. The molecule has 234 valence electrons. The molecule has 0 saturated heterocycles. The van der Waals surface area contributed by atoms with Crippen LogP contribution in [0.5, 0.6) is 0 Å². The molecule has 2 aromatic rings. The molecule has 0 aliphatic heterocycles. The number of benzene rings is 2. The van der Waals surface area contributed by atoms with Crippen LogP contribution in [-0.2, 0) is 12.8 Å². The molecule has 8 heteroatoms. The van der Waals surface area contributed by atoms with E-state index in [0.29, 0.717) is 16.3 Å². The van der Waals surface area contributed by atoms with Crippen molar-refractivity contribution in [1.82, 2.24) is 0 Å². The van der Waals surface area contributed by atoms with E-state index in [-0.39, 0.29) is 30.7 Å². The SMILES string of the molecule is CCCC1CCc2cc([Si](C)(C)C)c(F)c(F)c21.CCCC1CCc2ccc(F)c(F)c21.C[Si](C)(C)Cl.[CH2-]CCC.[Li+]. The summed E-state index contributed by atoms with van der Waals surface area (Å²) >= 11 is 5.67. The van der Waals surface area contributed by atoms with Crippen molar-refractivity contribution in [3.8, 4) is 0 Å². The molecule has 0 radical (unpaired) electrons. The van der Waals surface area contributed by atoms with Crippen molar-refractivity contribution in [2.75, 3.05) is 0 Å². The number of fused-ring (bicyclic) bond motifs is 2. The topological polar surface area (TPSA) is 0 Å². The second-order valence-electron chi connectivity index (χ2n) is 13.3. The molecule has 0 spiro atoms. The van der Waals surface area contributed by atoms with Crippen molar-refractivity contribution in [1.29, 1.82) is 0 Å². The molecule has 0 saturated carbocycles. The van der Waals surface area contributed by atoms with Gasteiger partial charge in [-0.05, 0) is 83.9 Å². The first-order chi connectivity index (χ1) is 19.0. The molecule has 0 heterocycles. The summed E-state index contributed by atoms with van der Waals surface area (Å²) in [6, 6.07) is 4.92. The molecule has 0 amide bonds. The van der Waals surface area contributed by atoms with Crippen LogP contribution in [0.2, 0.25) is 39.3 Å². The molecule has 4 rings (SSSR count). The van der Waals surface area contributed by atoms with Gasteiger partial charge in [-0.3, -0.25) is 0 Å². The predicted octanol–water partition coefficient (Wildman–Crippen LogP) is 8.82. The second kappa shape index (κ2) is 19.1. The van der Waals surface area contributed by atoms with Crippen molar-refractivity contribution in [3.05, 3.63) is 70.6 Å². The molecule has 0 nitrogen and oxygen atoms in total. The van der Waals surface area contributed by atoms with Crippen LogP contribution in [0.4, 0.5) is 17.6 Å². The first-order valence-corrected chi connectivity index (χ1v) is 23.5. The Morgan fingerprint density at radius 2 is 1.17 bits per heavy atom. The summed E-state index contributed by atoms with van der Waals surface area (Å²) in [7, 11) is -2.95. The monoisotopic (exact) mass is 636 g/mol. The average Bonchev–Trinajstić information content (AvgIpc) is 3.47. The van der Waals surface area contributed by atoms with Gasteiger partial charge in [0.05, 0.1) is 8.07 Å². The van der Waals surface area contributed by atoms with E-state index in [4.69, 9.17) is 11.1 Å². The van der Waals surface area contributed by atoms with Gasteiger partial charge in [0.15, 0.2) is 23.3 Å². The minimum atomic E-state index is -1.81. The quantitative estimate of drug-likeness (QED) is 0.129. The summed E-state index contributed by atoms with van der Waals surface area (Å²) in [6.45, 7) is 22.4. The Labute approximate surface area is 273 Å². The molecule has 0 N–H and O–H groups in total. The van der Waals surface area contributed by atoms with Crippen LogP contribution in [0.3, 0.4) is 0 Å². The molecule has 2 unspecified atom stereocenters. The first kappa shape index (κ1) is 41.5. The zero-order chi connectivity index (χ0) is 31.5. The maximum absolute atomic E-state index is 14.3. The van der Waals surface area contributed by atoms with Gasteiger partial charge in [0, 0.05) is 0 Å². The van der Waals surface area contributed by atoms with E-state index in [1.54, 1.807) is 6.07 Å². The number of aryl methyl sites for hydroxylation is 2. The summed E-state index contributed by atoms with van der Waals surface area (Å²) < 4.78 is 55.1. The zero-order valence-corrected chi connectivity index (χ0v) is 30.8. The van der Waals surface area contributed by atoms with Crippen LogP contribution in [0.25, 0.3) is 0 Å². The van der Waals surface area contributed by atoms with Crippen molar-refractivity contribution >= 4 is 31.7 Å². The Hall–Kier alpha value is -0.519. The van der Waals surface area contributed by atoms with Gasteiger partial charge in [0.1, 0.15) is 7.38 Å². The van der Waals surface area contributed by atoms with Crippen LogP contribution in [-0.4, -0.2) is 15.5 Å². The number of rotatable bonds is 6. The molecule has 2 aliphatic carbocycles. The number of hydrogen-bond donors (Lipinski definition) is 0.